The number of aryl methyl sites for hydroxylation is 1. The molecule has 0 aliphatic rings. The SMILES string of the molecule is CCn1ncc(NC(=S)Nc2ccc(Cl)c(Cl)c2)c1C(N)=O. The Kier molecular flexibility index (Phi) is 5.23. The number of carbonyl (C=O) groups is 1. The molecule has 1 aromatic heterocycles. The first kappa shape index (κ1) is 16.5. The smallest absolute Gasteiger partial charge is 0.269 e. The number of hydrogen-bond acceptors (Lipinski definition) is 3. The quantitative estimate of drug-likeness (QED) is 0.732. The zero-order valence-electron chi connectivity index (χ0n) is 11.6. The van der Waals surface area contributed by atoms with Gasteiger partial charge in [-0.2, -0.15) is 5.10 Å². The number of nitrogens with one attached hydrogen (secondary N) is 2. The van der Waals surface area contributed by atoms with Crippen LogP contribution in [0, 0.1) is 0 Å². The highest BCUT2D eigenvalue weighted by Gasteiger charge is 2.16. The van der Waals surface area contributed by atoms with Crippen molar-refractivity contribution in [2.75, 3.05) is 10.6 Å². The van der Waals surface area contributed by atoms with E-state index in [1.54, 1.807) is 18.2 Å². The molecule has 6 nitrogen and oxygen atoms in total. The van der Waals surface area contributed by atoms with E-state index in [0.29, 0.717) is 28.0 Å². The molecule has 0 saturated carbocycles. The van der Waals surface area contributed by atoms with Crippen LogP contribution < -0.4 is 16.4 Å². The molecule has 4 N–H and O–H groups in total. The highest BCUT2D eigenvalue weighted by Crippen LogP contribution is 2.25. The number of rotatable bonds is 4. The second-order valence-corrected chi connectivity index (χ2v) is 5.52. The molecular formula is C13H13Cl2N5OS. The molecule has 1 aromatic carbocycles. The van der Waals surface area contributed by atoms with Gasteiger partial charge in [-0.1, -0.05) is 23.2 Å². The lowest BCUT2D eigenvalue weighted by Gasteiger charge is -2.11. The van der Waals surface area contributed by atoms with Gasteiger partial charge in [0.05, 0.1) is 21.9 Å². The van der Waals surface area contributed by atoms with Crippen LogP contribution in [0.4, 0.5) is 11.4 Å². The van der Waals surface area contributed by atoms with Crippen LogP contribution in [0.3, 0.4) is 0 Å². The molecule has 0 radical (unpaired) electrons. The van der Waals surface area contributed by atoms with Gasteiger partial charge in [0.1, 0.15) is 5.69 Å². The minimum Gasteiger partial charge on any atom is -0.364 e. The Morgan fingerprint density at radius 3 is 2.68 bits per heavy atom. The highest BCUT2D eigenvalue weighted by atomic mass is 35.5. The third-order valence-corrected chi connectivity index (χ3v) is 3.74. The third kappa shape index (κ3) is 3.68. The van der Waals surface area contributed by atoms with Gasteiger partial charge in [0.25, 0.3) is 5.91 Å². The third-order valence-electron chi connectivity index (χ3n) is 2.80. The van der Waals surface area contributed by atoms with Crippen molar-refractivity contribution >= 4 is 57.8 Å². The van der Waals surface area contributed by atoms with Gasteiger partial charge in [0.2, 0.25) is 0 Å². The number of thiocarbonyl (C=S) groups is 1. The molecule has 0 aliphatic carbocycles. The van der Waals surface area contributed by atoms with Crippen LogP contribution in [0.1, 0.15) is 17.4 Å². The van der Waals surface area contributed by atoms with Crippen molar-refractivity contribution in [3.8, 4) is 0 Å². The molecular weight excluding hydrogens is 345 g/mol. The molecule has 0 fully saturated rings. The van der Waals surface area contributed by atoms with E-state index in [1.165, 1.54) is 10.9 Å². The van der Waals surface area contributed by atoms with Crippen LogP contribution in [0.15, 0.2) is 24.4 Å². The van der Waals surface area contributed by atoms with E-state index >= 15 is 0 Å². The lowest BCUT2D eigenvalue weighted by molar-refractivity contribution is 0.0991. The molecule has 1 heterocycles. The van der Waals surface area contributed by atoms with E-state index in [0.717, 1.165) is 0 Å². The highest BCUT2D eigenvalue weighted by molar-refractivity contribution is 7.80. The van der Waals surface area contributed by atoms with E-state index in [1.807, 2.05) is 6.92 Å². The molecule has 0 aliphatic heterocycles. The number of benzene rings is 1. The fourth-order valence-electron chi connectivity index (χ4n) is 1.84. The predicted molar refractivity (Wildman–Crippen MR) is 92.7 cm³/mol. The average molecular weight is 358 g/mol. The summed E-state index contributed by atoms with van der Waals surface area (Å²) in [4.78, 5) is 11.5. The fourth-order valence-corrected chi connectivity index (χ4v) is 2.36. The molecule has 0 spiro atoms. The lowest BCUT2D eigenvalue weighted by atomic mass is 10.3. The van der Waals surface area contributed by atoms with Gasteiger partial charge >= 0.3 is 0 Å². The molecule has 0 bridgehead atoms. The fraction of sp³-hybridized carbons (Fsp3) is 0.154. The first-order valence-electron chi connectivity index (χ1n) is 6.31. The number of anilines is 2. The average Bonchev–Trinajstić information content (AvgIpc) is 2.85. The Morgan fingerprint density at radius 1 is 1.36 bits per heavy atom. The molecule has 0 saturated heterocycles. The normalized spacial score (nSPS) is 10.3. The van der Waals surface area contributed by atoms with Crippen molar-refractivity contribution in [3.63, 3.8) is 0 Å². The van der Waals surface area contributed by atoms with Crippen LogP contribution in [-0.2, 0) is 6.54 Å². The summed E-state index contributed by atoms with van der Waals surface area (Å²) in [7, 11) is 0. The van der Waals surface area contributed by atoms with Crippen LogP contribution in [0.25, 0.3) is 0 Å². The van der Waals surface area contributed by atoms with Gasteiger partial charge in [-0.05, 0) is 37.3 Å². The van der Waals surface area contributed by atoms with Crippen molar-refractivity contribution in [2.24, 2.45) is 5.73 Å². The minimum absolute atomic E-state index is 0.265. The van der Waals surface area contributed by atoms with E-state index in [-0.39, 0.29) is 10.8 Å². The number of nitrogens with two attached hydrogens (primary N) is 1. The van der Waals surface area contributed by atoms with Gasteiger partial charge in [-0.15, -0.1) is 0 Å². The van der Waals surface area contributed by atoms with E-state index < -0.39 is 5.91 Å². The summed E-state index contributed by atoms with van der Waals surface area (Å²) in [6.07, 6.45) is 1.49. The number of hydrogen-bond donors (Lipinski definition) is 3. The van der Waals surface area contributed by atoms with Gasteiger partial charge in [-0.25, -0.2) is 0 Å². The number of aromatic nitrogens is 2. The van der Waals surface area contributed by atoms with Crippen LogP contribution in [0.2, 0.25) is 10.0 Å². The van der Waals surface area contributed by atoms with Gasteiger partial charge in [0.15, 0.2) is 5.11 Å². The van der Waals surface area contributed by atoms with E-state index in [2.05, 4.69) is 15.7 Å². The maximum Gasteiger partial charge on any atom is 0.269 e. The summed E-state index contributed by atoms with van der Waals surface area (Å²) in [5, 5.41) is 11.0. The zero-order valence-corrected chi connectivity index (χ0v) is 13.9. The second-order valence-electron chi connectivity index (χ2n) is 4.29. The molecule has 9 heteroatoms. The summed E-state index contributed by atoms with van der Waals surface area (Å²) in [5.41, 5.74) is 6.73. The first-order valence-corrected chi connectivity index (χ1v) is 7.47. The van der Waals surface area contributed by atoms with Gasteiger partial charge < -0.3 is 16.4 Å². The molecule has 22 heavy (non-hydrogen) atoms. The number of amides is 1. The Morgan fingerprint density at radius 2 is 2.09 bits per heavy atom. The van der Waals surface area contributed by atoms with Crippen molar-refractivity contribution in [1.29, 1.82) is 0 Å². The molecule has 2 aromatic rings. The number of carbonyl (C=O) groups excluding carboxylic acids is 1. The first-order chi connectivity index (χ1) is 10.4. The minimum atomic E-state index is -0.584. The summed E-state index contributed by atoms with van der Waals surface area (Å²) >= 11 is 17.0. The Balaban J connectivity index is 2.14. The number of halogens is 2. The zero-order chi connectivity index (χ0) is 16.3. The molecule has 116 valence electrons. The van der Waals surface area contributed by atoms with Crippen LogP contribution >= 0.6 is 35.4 Å². The Labute approximate surface area is 142 Å². The van der Waals surface area contributed by atoms with E-state index in [4.69, 9.17) is 41.2 Å². The molecule has 0 atom stereocenters. The van der Waals surface area contributed by atoms with E-state index in [9.17, 15) is 4.79 Å². The summed E-state index contributed by atoms with van der Waals surface area (Å²) in [6.45, 7) is 2.38. The standard InChI is InChI=1S/C13H13Cl2N5OS/c1-2-20-11(12(16)21)10(6-17-20)19-13(22)18-7-3-4-8(14)9(15)5-7/h3-6H,2H2,1H3,(H2,16,21)(H2,18,19,22). The Hall–Kier alpha value is -1.83. The second kappa shape index (κ2) is 6.95. The monoisotopic (exact) mass is 357 g/mol. The Bertz CT molecular complexity index is 731. The summed E-state index contributed by atoms with van der Waals surface area (Å²) < 4.78 is 1.49. The maximum atomic E-state index is 11.5. The number of nitrogens with zero attached hydrogens (tertiary/aromatic N) is 2. The van der Waals surface area contributed by atoms with Gasteiger partial charge in [0, 0.05) is 12.2 Å². The molecule has 2 rings (SSSR count). The molecule has 0 unspecified atom stereocenters. The van der Waals surface area contributed by atoms with Crippen LogP contribution in [-0.4, -0.2) is 20.8 Å². The van der Waals surface area contributed by atoms with Crippen molar-refractivity contribution in [2.45, 2.75) is 13.5 Å². The summed E-state index contributed by atoms with van der Waals surface area (Å²) in [5.74, 6) is -0.584. The van der Waals surface area contributed by atoms with Crippen LogP contribution in [0.5, 0.6) is 0 Å². The lowest BCUT2D eigenvalue weighted by Crippen LogP contribution is -2.23. The number of primary amides is 1. The predicted octanol–water partition coefficient (Wildman–Crippen LogP) is 3.12. The van der Waals surface area contributed by atoms with Gasteiger partial charge in [-0.3, -0.25) is 9.48 Å². The maximum absolute atomic E-state index is 11.5. The van der Waals surface area contributed by atoms with Crippen molar-refractivity contribution in [3.05, 3.63) is 40.1 Å². The van der Waals surface area contributed by atoms with Crippen molar-refractivity contribution < 1.29 is 4.79 Å². The molecule has 1 amide bonds. The summed E-state index contributed by atoms with van der Waals surface area (Å²) in [6, 6.07) is 5.02. The van der Waals surface area contributed by atoms with Crippen molar-refractivity contribution in [1.82, 2.24) is 9.78 Å². The topological polar surface area (TPSA) is 85.0 Å². The largest absolute Gasteiger partial charge is 0.364 e.